The van der Waals surface area contributed by atoms with Crippen molar-refractivity contribution in [3.63, 3.8) is 0 Å². The van der Waals surface area contributed by atoms with Gasteiger partial charge >= 0.3 is 0 Å². The Morgan fingerprint density at radius 3 is 2.50 bits per heavy atom. The van der Waals surface area contributed by atoms with Crippen molar-refractivity contribution in [1.29, 1.82) is 0 Å². The molecule has 184 valence electrons. The Morgan fingerprint density at radius 1 is 1.00 bits per heavy atom. The quantitative estimate of drug-likeness (QED) is 0.291. The Morgan fingerprint density at radius 2 is 1.76 bits per heavy atom. The molecule has 0 radical (unpaired) electrons. The predicted octanol–water partition coefficient (Wildman–Crippen LogP) is 6.09. The summed E-state index contributed by atoms with van der Waals surface area (Å²) in [6, 6.07) is 11.9. The number of halogens is 1. The molecule has 7 heteroatoms. The highest BCUT2D eigenvalue weighted by atomic mass is 35.5. The number of ether oxygens (including phenoxy) is 2. The summed E-state index contributed by atoms with van der Waals surface area (Å²) < 4.78 is 14.1. The maximum Gasteiger partial charge on any atom is 0.215 e. The lowest BCUT2D eigenvalue weighted by Gasteiger charge is -2.26. The molecule has 1 aromatic carbocycles. The maximum absolute atomic E-state index is 6.12. The summed E-state index contributed by atoms with van der Waals surface area (Å²) in [7, 11) is 0. The minimum Gasteiger partial charge on any atom is -0.474 e. The average molecular weight is 485 g/mol. The third-order valence-corrected chi connectivity index (χ3v) is 6.79. The number of pyridine rings is 1. The lowest BCUT2D eigenvalue weighted by molar-refractivity contribution is 0.103. The standard InChI is InChI=1S/C27H37ClN4O2/c1-3-23(4-2)34-26-14-13-24-25(20-33-18-8-17-31-15-6-5-7-16-31)30-32(27(24)29-26)19-21-9-11-22(28)12-10-21/h9-14,23H,3-8,15-20H2,1-2H3. The van der Waals surface area contributed by atoms with Gasteiger partial charge in [-0.1, -0.05) is 44.0 Å². The minimum absolute atomic E-state index is 0.167. The largest absolute Gasteiger partial charge is 0.474 e. The summed E-state index contributed by atoms with van der Waals surface area (Å²) in [5, 5.41) is 6.63. The molecule has 3 aromatic rings. The number of nitrogens with zero attached hydrogens (tertiary/aromatic N) is 4. The molecular weight excluding hydrogens is 448 g/mol. The molecule has 0 saturated carbocycles. The van der Waals surface area contributed by atoms with Gasteiger partial charge in [-0.15, -0.1) is 0 Å². The zero-order chi connectivity index (χ0) is 23.8. The van der Waals surface area contributed by atoms with Crippen LogP contribution < -0.4 is 4.74 Å². The molecule has 6 nitrogen and oxygen atoms in total. The van der Waals surface area contributed by atoms with Gasteiger partial charge in [0.25, 0.3) is 0 Å². The van der Waals surface area contributed by atoms with Crippen LogP contribution in [0, 0.1) is 0 Å². The number of aromatic nitrogens is 3. The van der Waals surface area contributed by atoms with E-state index in [0.29, 0.717) is 19.0 Å². The third-order valence-electron chi connectivity index (χ3n) is 6.54. The molecule has 2 aromatic heterocycles. The molecule has 0 atom stereocenters. The lowest BCUT2D eigenvalue weighted by atomic mass is 10.1. The van der Waals surface area contributed by atoms with Gasteiger partial charge in [0.05, 0.1) is 24.9 Å². The average Bonchev–Trinajstić information content (AvgIpc) is 3.20. The summed E-state index contributed by atoms with van der Waals surface area (Å²) >= 11 is 6.07. The summed E-state index contributed by atoms with van der Waals surface area (Å²) in [6.07, 6.45) is 7.15. The SMILES string of the molecule is CCC(CC)Oc1ccc2c(COCCCN3CCCCC3)nn(Cc3ccc(Cl)cc3)c2n1. The van der Waals surface area contributed by atoms with E-state index in [0.717, 1.165) is 59.7 Å². The summed E-state index contributed by atoms with van der Waals surface area (Å²) in [5.41, 5.74) is 2.87. The smallest absolute Gasteiger partial charge is 0.215 e. The van der Waals surface area contributed by atoms with Gasteiger partial charge in [-0.2, -0.15) is 10.1 Å². The lowest BCUT2D eigenvalue weighted by Crippen LogP contribution is -2.31. The fraction of sp³-hybridized carbons (Fsp3) is 0.556. The van der Waals surface area contributed by atoms with Crippen LogP contribution in [0.25, 0.3) is 11.0 Å². The van der Waals surface area contributed by atoms with E-state index in [1.165, 1.54) is 32.4 Å². The fourth-order valence-electron chi connectivity index (χ4n) is 4.51. The molecule has 1 aliphatic heterocycles. The van der Waals surface area contributed by atoms with Crippen molar-refractivity contribution in [1.82, 2.24) is 19.7 Å². The number of likely N-dealkylation sites (tertiary alicyclic amines) is 1. The Bertz CT molecular complexity index is 1030. The Balaban J connectivity index is 1.46. The first kappa shape index (κ1) is 25.0. The minimum atomic E-state index is 0.167. The zero-order valence-corrected chi connectivity index (χ0v) is 21.3. The monoisotopic (exact) mass is 484 g/mol. The first-order valence-electron chi connectivity index (χ1n) is 12.7. The first-order chi connectivity index (χ1) is 16.7. The van der Waals surface area contributed by atoms with E-state index in [4.69, 9.17) is 31.2 Å². The van der Waals surface area contributed by atoms with Crippen molar-refractivity contribution in [2.24, 2.45) is 0 Å². The number of fused-ring (bicyclic) bond motifs is 1. The highest BCUT2D eigenvalue weighted by Crippen LogP contribution is 2.24. The van der Waals surface area contributed by atoms with E-state index in [-0.39, 0.29) is 6.10 Å². The Kier molecular flexibility index (Phi) is 9.19. The molecule has 4 rings (SSSR count). The van der Waals surface area contributed by atoms with Crippen LogP contribution in [0.4, 0.5) is 0 Å². The second-order valence-corrected chi connectivity index (χ2v) is 9.55. The zero-order valence-electron chi connectivity index (χ0n) is 20.5. The van der Waals surface area contributed by atoms with Gasteiger partial charge in [0.1, 0.15) is 0 Å². The Hall–Kier alpha value is -2.15. The van der Waals surface area contributed by atoms with Crippen molar-refractivity contribution in [3.8, 4) is 5.88 Å². The van der Waals surface area contributed by atoms with E-state index in [2.05, 4.69) is 24.8 Å². The highest BCUT2D eigenvalue weighted by Gasteiger charge is 2.16. The maximum atomic E-state index is 6.12. The van der Waals surface area contributed by atoms with Gasteiger partial charge in [0.2, 0.25) is 5.88 Å². The molecule has 0 aliphatic carbocycles. The van der Waals surface area contributed by atoms with E-state index < -0.39 is 0 Å². The molecule has 1 fully saturated rings. The molecule has 0 bridgehead atoms. The Labute approximate surface area is 208 Å². The van der Waals surface area contributed by atoms with Gasteiger partial charge < -0.3 is 14.4 Å². The molecule has 3 heterocycles. The summed E-state index contributed by atoms with van der Waals surface area (Å²) in [5.74, 6) is 0.646. The highest BCUT2D eigenvalue weighted by molar-refractivity contribution is 6.30. The van der Waals surface area contributed by atoms with Gasteiger partial charge in [-0.25, -0.2) is 4.68 Å². The molecule has 1 saturated heterocycles. The van der Waals surface area contributed by atoms with E-state index in [9.17, 15) is 0 Å². The topological polar surface area (TPSA) is 52.4 Å². The molecule has 0 spiro atoms. The second-order valence-electron chi connectivity index (χ2n) is 9.12. The normalized spacial score (nSPS) is 14.8. The number of piperidine rings is 1. The van der Waals surface area contributed by atoms with Crippen LogP contribution in [-0.2, 0) is 17.9 Å². The third kappa shape index (κ3) is 6.71. The van der Waals surface area contributed by atoms with Gasteiger partial charge in [-0.3, -0.25) is 0 Å². The van der Waals surface area contributed by atoms with E-state index in [1.807, 2.05) is 35.0 Å². The van der Waals surface area contributed by atoms with Crippen molar-refractivity contribution in [3.05, 3.63) is 52.7 Å². The number of benzene rings is 1. The van der Waals surface area contributed by atoms with Gasteiger partial charge in [0, 0.05) is 29.6 Å². The molecule has 0 amide bonds. The molecule has 0 unspecified atom stereocenters. The van der Waals surface area contributed by atoms with Crippen LogP contribution in [0.2, 0.25) is 5.02 Å². The summed E-state index contributed by atoms with van der Waals surface area (Å²) in [6.45, 7) is 9.69. The molecule has 34 heavy (non-hydrogen) atoms. The van der Waals surface area contributed by atoms with Crippen LogP contribution in [-0.4, -0.2) is 52.0 Å². The van der Waals surface area contributed by atoms with Crippen molar-refractivity contribution >= 4 is 22.6 Å². The predicted molar refractivity (Wildman–Crippen MR) is 138 cm³/mol. The van der Waals surface area contributed by atoms with Crippen molar-refractivity contribution in [2.45, 2.75) is 71.6 Å². The van der Waals surface area contributed by atoms with Gasteiger partial charge in [0.15, 0.2) is 5.65 Å². The van der Waals surface area contributed by atoms with E-state index >= 15 is 0 Å². The molecule has 0 N–H and O–H groups in total. The van der Waals surface area contributed by atoms with Crippen LogP contribution in [0.15, 0.2) is 36.4 Å². The summed E-state index contributed by atoms with van der Waals surface area (Å²) in [4.78, 5) is 7.39. The number of hydrogen-bond acceptors (Lipinski definition) is 5. The van der Waals surface area contributed by atoms with Crippen LogP contribution >= 0.6 is 11.6 Å². The van der Waals surface area contributed by atoms with Gasteiger partial charge in [-0.05, 0) is 69.0 Å². The first-order valence-corrected chi connectivity index (χ1v) is 13.1. The van der Waals surface area contributed by atoms with Crippen LogP contribution in [0.1, 0.15) is 63.6 Å². The van der Waals surface area contributed by atoms with Crippen LogP contribution in [0.5, 0.6) is 5.88 Å². The number of rotatable bonds is 12. The fourth-order valence-corrected chi connectivity index (χ4v) is 4.64. The molecular formula is C27H37ClN4O2. The second kappa shape index (κ2) is 12.5. The number of hydrogen-bond donors (Lipinski definition) is 0. The molecule has 1 aliphatic rings. The van der Waals surface area contributed by atoms with E-state index in [1.54, 1.807) is 0 Å². The van der Waals surface area contributed by atoms with Crippen molar-refractivity contribution in [2.75, 3.05) is 26.2 Å². The van der Waals surface area contributed by atoms with Crippen LogP contribution in [0.3, 0.4) is 0 Å². The van der Waals surface area contributed by atoms with Crippen molar-refractivity contribution < 1.29 is 9.47 Å².